The van der Waals surface area contributed by atoms with E-state index in [-0.39, 0.29) is 11.8 Å². The molecule has 0 aromatic heterocycles. The quantitative estimate of drug-likeness (QED) is 0.685. The predicted octanol–water partition coefficient (Wildman–Crippen LogP) is 2.30. The number of benzene rings is 2. The molecule has 0 aliphatic heterocycles. The number of amides is 2. The van der Waals surface area contributed by atoms with E-state index in [2.05, 4.69) is 10.6 Å². The summed E-state index contributed by atoms with van der Waals surface area (Å²) >= 11 is 0. The van der Waals surface area contributed by atoms with E-state index in [0.29, 0.717) is 0 Å². The van der Waals surface area contributed by atoms with Crippen LogP contribution in [0, 0.1) is 0 Å². The number of carbonyl (C=O) groups excluding carboxylic acids is 1. The van der Waals surface area contributed by atoms with Gasteiger partial charge in [0.15, 0.2) is 0 Å². The van der Waals surface area contributed by atoms with E-state index in [9.17, 15) is 9.90 Å². The Labute approximate surface area is 92.9 Å². The third kappa shape index (κ3) is 1.91. The highest BCUT2D eigenvalue weighted by molar-refractivity contribution is 6.01. The zero-order chi connectivity index (χ0) is 11.5. The number of phenolic OH excluding ortho intramolecular Hbond substituents is 1. The van der Waals surface area contributed by atoms with Crippen molar-refractivity contribution in [3.63, 3.8) is 0 Å². The lowest BCUT2D eigenvalue weighted by molar-refractivity contribution is 0.254. The number of hydrogen-bond donors (Lipinski definition) is 3. The van der Waals surface area contributed by atoms with Crippen LogP contribution in [0.1, 0.15) is 0 Å². The summed E-state index contributed by atoms with van der Waals surface area (Å²) in [5.74, 6) is 0.213. The lowest BCUT2D eigenvalue weighted by Gasteiger charge is -2.08. The molecule has 0 heterocycles. The Hall–Kier alpha value is -2.23. The minimum Gasteiger partial charge on any atom is -0.508 e. The molecule has 2 amide bonds. The average Bonchev–Trinajstić information content (AvgIpc) is 2.28. The molecule has 2 aromatic rings. The van der Waals surface area contributed by atoms with E-state index in [0.717, 1.165) is 16.5 Å². The van der Waals surface area contributed by atoms with Crippen LogP contribution in [0.4, 0.5) is 10.5 Å². The summed E-state index contributed by atoms with van der Waals surface area (Å²) in [6, 6.07) is 10.3. The number of carbonyl (C=O) groups is 1. The van der Waals surface area contributed by atoms with Gasteiger partial charge >= 0.3 is 6.03 Å². The Morgan fingerprint density at radius 1 is 1.25 bits per heavy atom. The molecule has 0 unspecified atom stereocenters. The molecular weight excluding hydrogens is 204 g/mol. The number of fused-ring (bicyclic) bond motifs is 1. The Morgan fingerprint density at radius 3 is 2.81 bits per heavy atom. The molecule has 0 saturated heterocycles. The SMILES string of the molecule is CNC(=O)Nc1cccc2cc(O)ccc12. The maximum atomic E-state index is 11.2. The van der Waals surface area contributed by atoms with Crippen LogP contribution in [0.5, 0.6) is 5.75 Å². The third-order valence-corrected chi connectivity index (χ3v) is 2.34. The van der Waals surface area contributed by atoms with Gasteiger partial charge in [-0.3, -0.25) is 0 Å². The first-order chi connectivity index (χ1) is 7.70. The van der Waals surface area contributed by atoms with Crippen LogP contribution in [0.25, 0.3) is 10.8 Å². The van der Waals surface area contributed by atoms with Crippen molar-refractivity contribution >= 4 is 22.5 Å². The number of nitrogens with one attached hydrogen (secondary N) is 2. The third-order valence-electron chi connectivity index (χ3n) is 2.34. The summed E-state index contributed by atoms with van der Waals surface area (Å²) in [6.07, 6.45) is 0. The van der Waals surface area contributed by atoms with Gasteiger partial charge in [0, 0.05) is 12.4 Å². The topological polar surface area (TPSA) is 61.4 Å². The normalized spacial score (nSPS) is 10.1. The molecule has 0 radical (unpaired) electrons. The maximum Gasteiger partial charge on any atom is 0.318 e. The van der Waals surface area contributed by atoms with Gasteiger partial charge in [0.1, 0.15) is 5.75 Å². The molecule has 3 N–H and O–H groups in total. The van der Waals surface area contributed by atoms with Crippen molar-refractivity contribution < 1.29 is 9.90 Å². The number of urea groups is 1. The van der Waals surface area contributed by atoms with Gasteiger partial charge in [-0.2, -0.15) is 0 Å². The minimum absolute atomic E-state index is 0.213. The summed E-state index contributed by atoms with van der Waals surface area (Å²) in [4.78, 5) is 11.2. The minimum atomic E-state index is -0.263. The fourth-order valence-electron chi connectivity index (χ4n) is 1.56. The largest absolute Gasteiger partial charge is 0.508 e. The summed E-state index contributed by atoms with van der Waals surface area (Å²) in [5.41, 5.74) is 0.719. The molecule has 0 saturated carbocycles. The van der Waals surface area contributed by atoms with Crippen LogP contribution in [0.3, 0.4) is 0 Å². The fraction of sp³-hybridized carbons (Fsp3) is 0.0833. The Balaban J connectivity index is 2.49. The lowest BCUT2D eigenvalue weighted by atomic mass is 10.1. The van der Waals surface area contributed by atoms with Crippen LogP contribution in [0.2, 0.25) is 0 Å². The van der Waals surface area contributed by atoms with Gasteiger partial charge in [0.2, 0.25) is 0 Å². The van der Waals surface area contributed by atoms with Gasteiger partial charge < -0.3 is 15.7 Å². The van der Waals surface area contributed by atoms with Crippen LogP contribution < -0.4 is 10.6 Å². The highest BCUT2D eigenvalue weighted by Crippen LogP contribution is 2.26. The molecule has 82 valence electrons. The van der Waals surface area contributed by atoms with E-state index in [1.54, 1.807) is 25.2 Å². The monoisotopic (exact) mass is 216 g/mol. The van der Waals surface area contributed by atoms with E-state index < -0.39 is 0 Å². The van der Waals surface area contributed by atoms with Crippen molar-refractivity contribution in [3.8, 4) is 5.75 Å². The number of rotatable bonds is 1. The van der Waals surface area contributed by atoms with Crippen molar-refractivity contribution in [2.24, 2.45) is 0 Å². The first-order valence-corrected chi connectivity index (χ1v) is 4.91. The van der Waals surface area contributed by atoms with Crippen LogP contribution in [-0.2, 0) is 0 Å². The van der Waals surface area contributed by atoms with Crippen LogP contribution >= 0.6 is 0 Å². The first-order valence-electron chi connectivity index (χ1n) is 4.91. The molecule has 0 aliphatic rings. The van der Waals surface area contributed by atoms with E-state index in [1.807, 2.05) is 18.2 Å². The molecule has 0 bridgehead atoms. The Bertz CT molecular complexity index is 538. The molecule has 2 aromatic carbocycles. The molecule has 0 spiro atoms. The zero-order valence-corrected chi connectivity index (χ0v) is 8.82. The van der Waals surface area contributed by atoms with Gasteiger partial charge in [-0.15, -0.1) is 0 Å². The van der Waals surface area contributed by atoms with Gasteiger partial charge in [-0.25, -0.2) is 4.79 Å². The zero-order valence-electron chi connectivity index (χ0n) is 8.82. The van der Waals surface area contributed by atoms with Gasteiger partial charge in [-0.05, 0) is 29.7 Å². The molecule has 0 fully saturated rings. The van der Waals surface area contributed by atoms with Crippen molar-refractivity contribution in [3.05, 3.63) is 36.4 Å². The summed E-state index contributed by atoms with van der Waals surface area (Å²) < 4.78 is 0. The van der Waals surface area contributed by atoms with E-state index in [4.69, 9.17) is 0 Å². The Kier molecular flexibility index (Phi) is 2.64. The smallest absolute Gasteiger partial charge is 0.318 e. The number of anilines is 1. The maximum absolute atomic E-state index is 11.2. The first kappa shape index (κ1) is 10.3. The van der Waals surface area contributed by atoms with Crippen LogP contribution in [-0.4, -0.2) is 18.2 Å². The second-order valence-corrected chi connectivity index (χ2v) is 3.42. The number of hydrogen-bond acceptors (Lipinski definition) is 2. The Morgan fingerprint density at radius 2 is 2.06 bits per heavy atom. The van der Waals surface area contributed by atoms with E-state index >= 15 is 0 Å². The molecule has 2 rings (SSSR count). The molecule has 0 aliphatic carbocycles. The summed E-state index contributed by atoms with van der Waals surface area (Å²) in [5, 5.41) is 16.3. The molecule has 4 heteroatoms. The fourth-order valence-corrected chi connectivity index (χ4v) is 1.56. The molecule has 4 nitrogen and oxygen atoms in total. The average molecular weight is 216 g/mol. The van der Waals surface area contributed by atoms with Gasteiger partial charge in [-0.1, -0.05) is 12.1 Å². The second-order valence-electron chi connectivity index (χ2n) is 3.42. The number of phenols is 1. The van der Waals surface area contributed by atoms with Crippen molar-refractivity contribution in [1.29, 1.82) is 0 Å². The second kappa shape index (κ2) is 4.10. The van der Waals surface area contributed by atoms with Crippen molar-refractivity contribution in [1.82, 2.24) is 5.32 Å². The van der Waals surface area contributed by atoms with Crippen molar-refractivity contribution in [2.75, 3.05) is 12.4 Å². The van der Waals surface area contributed by atoms with Crippen molar-refractivity contribution in [2.45, 2.75) is 0 Å². The molecule has 16 heavy (non-hydrogen) atoms. The lowest BCUT2D eigenvalue weighted by Crippen LogP contribution is -2.24. The molecule has 0 atom stereocenters. The summed E-state index contributed by atoms with van der Waals surface area (Å²) in [7, 11) is 1.56. The van der Waals surface area contributed by atoms with Crippen LogP contribution in [0.15, 0.2) is 36.4 Å². The predicted molar refractivity (Wildman–Crippen MR) is 63.7 cm³/mol. The number of aromatic hydroxyl groups is 1. The van der Waals surface area contributed by atoms with Gasteiger partial charge in [0.05, 0.1) is 5.69 Å². The standard InChI is InChI=1S/C12H12N2O2/c1-13-12(16)14-11-4-2-3-8-7-9(15)5-6-10(8)11/h2-7,15H,1H3,(H2,13,14,16). The van der Waals surface area contributed by atoms with E-state index in [1.165, 1.54) is 0 Å². The highest BCUT2D eigenvalue weighted by Gasteiger charge is 2.03. The van der Waals surface area contributed by atoms with Gasteiger partial charge in [0.25, 0.3) is 0 Å². The molecular formula is C12H12N2O2. The summed E-state index contributed by atoms with van der Waals surface area (Å²) in [6.45, 7) is 0. The highest BCUT2D eigenvalue weighted by atomic mass is 16.3.